The standard InChI is InChI=1S/C37H43N7O10S/c1-41(2)18-26-29(45)16-21(17-30(26)54-4)24-19-42(3)34(48)25-20-43(13-10-22(24)25)37(51)39-12-15-55(52,53)14-11-38-27-7-5-6-23-32(27)36(50)44(35(23)49)28-8-9-31(46)40-33(28)47/h5-7,16-17,19,28,38,45H,8-15,18,20H2,1-4H3,(H,39,51)(H,40,46,47). The number of carbonyl (C=O) groups is 5. The maximum atomic E-state index is 13.3. The number of methoxy groups -OCH3 is 1. The maximum absolute atomic E-state index is 13.3. The number of phenols is 1. The summed E-state index contributed by atoms with van der Waals surface area (Å²) in [6.07, 6.45) is 2.04. The van der Waals surface area contributed by atoms with Crippen LogP contribution in [0.25, 0.3) is 11.1 Å². The zero-order valence-electron chi connectivity index (χ0n) is 30.9. The third-order valence-corrected chi connectivity index (χ3v) is 11.6. The first kappa shape index (κ1) is 39.0. The summed E-state index contributed by atoms with van der Waals surface area (Å²) >= 11 is 0. The van der Waals surface area contributed by atoms with Crippen molar-refractivity contribution >= 4 is 45.2 Å². The second-order valence-corrected chi connectivity index (χ2v) is 16.3. The number of aromatic hydroxyl groups is 1. The second-order valence-electron chi connectivity index (χ2n) is 14.0. The fourth-order valence-electron chi connectivity index (χ4n) is 7.20. The van der Waals surface area contributed by atoms with Gasteiger partial charge in [-0.15, -0.1) is 0 Å². The van der Waals surface area contributed by atoms with Crippen molar-refractivity contribution < 1.29 is 42.2 Å². The van der Waals surface area contributed by atoms with E-state index in [1.165, 1.54) is 34.8 Å². The fraction of sp³-hybridized carbons (Fsp3) is 0.405. The van der Waals surface area contributed by atoms with Crippen LogP contribution < -0.4 is 26.2 Å². The molecule has 1 saturated heterocycles. The Morgan fingerprint density at radius 2 is 1.76 bits per heavy atom. The summed E-state index contributed by atoms with van der Waals surface area (Å²) in [4.78, 5) is 81.0. The van der Waals surface area contributed by atoms with E-state index in [-0.39, 0.29) is 78.6 Å². The van der Waals surface area contributed by atoms with E-state index in [2.05, 4.69) is 16.0 Å². The van der Waals surface area contributed by atoms with Gasteiger partial charge in [0, 0.05) is 68.2 Å². The zero-order valence-corrected chi connectivity index (χ0v) is 31.7. The number of piperidine rings is 1. The molecule has 18 heteroatoms. The van der Waals surface area contributed by atoms with Crippen molar-refractivity contribution in [3.8, 4) is 22.6 Å². The number of pyridine rings is 1. The van der Waals surface area contributed by atoms with Gasteiger partial charge in [-0.3, -0.25) is 34.2 Å². The summed E-state index contributed by atoms with van der Waals surface area (Å²) in [5, 5.41) is 18.6. The number of aromatic nitrogens is 1. The van der Waals surface area contributed by atoms with Crippen LogP contribution in [0.3, 0.4) is 0 Å². The highest BCUT2D eigenvalue weighted by Gasteiger charge is 2.45. The van der Waals surface area contributed by atoms with Gasteiger partial charge in [0.05, 0.1) is 36.3 Å². The molecule has 6 rings (SSSR count). The number of nitrogens with zero attached hydrogens (tertiary/aromatic N) is 4. The lowest BCUT2D eigenvalue weighted by molar-refractivity contribution is -0.136. The fourth-order valence-corrected chi connectivity index (χ4v) is 8.23. The summed E-state index contributed by atoms with van der Waals surface area (Å²) < 4.78 is 32.9. The number of benzene rings is 2. The van der Waals surface area contributed by atoms with Gasteiger partial charge in [-0.05, 0) is 62.3 Å². The van der Waals surface area contributed by atoms with E-state index in [1.54, 1.807) is 19.3 Å². The number of aryl methyl sites for hydroxylation is 1. The molecule has 0 radical (unpaired) electrons. The van der Waals surface area contributed by atoms with Crippen LogP contribution in [0.2, 0.25) is 0 Å². The van der Waals surface area contributed by atoms with Gasteiger partial charge in [0.1, 0.15) is 17.5 Å². The minimum Gasteiger partial charge on any atom is -0.507 e. The van der Waals surface area contributed by atoms with Crippen molar-refractivity contribution in [3.05, 3.63) is 74.7 Å². The molecular formula is C37H43N7O10S. The van der Waals surface area contributed by atoms with Gasteiger partial charge in [0.15, 0.2) is 9.84 Å². The number of hydrogen-bond donors (Lipinski definition) is 4. The van der Waals surface area contributed by atoms with Crippen molar-refractivity contribution in [2.45, 2.75) is 38.4 Å². The third-order valence-electron chi connectivity index (χ3n) is 9.94. The van der Waals surface area contributed by atoms with Gasteiger partial charge in [0.25, 0.3) is 17.4 Å². The highest BCUT2D eigenvalue weighted by molar-refractivity contribution is 7.91. The highest BCUT2D eigenvalue weighted by Crippen LogP contribution is 2.38. The first-order valence-corrected chi connectivity index (χ1v) is 19.5. The number of urea groups is 1. The number of anilines is 1. The molecule has 3 aliphatic rings. The first-order chi connectivity index (χ1) is 26.1. The molecule has 292 valence electrons. The molecule has 0 aliphatic carbocycles. The molecule has 0 saturated carbocycles. The Labute approximate surface area is 317 Å². The second kappa shape index (κ2) is 15.5. The van der Waals surface area contributed by atoms with Gasteiger partial charge in [-0.1, -0.05) is 6.07 Å². The average Bonchev–Trinajstić information content (AvgIpc) is 3.39. The molecule has 17 nitrogen and oxygen atoms in total. The number of ether oxygens (including phenoxy) is 1. The molecule has 1 aromatic heterocycles. The molecule has 1 unspecified atom stereocenters. The van der Waals surface area contributed by atoms with Crippen LogP contribution in [0.1, 0.15) is 50.2 Å². The van der Waals surface area contributed by atoms with Gasteiger partial charge >= 0.3 is 6.03 Å². The van der Waals surface area contributed by atoms with E-state index in [0.717, 1.165) is 16.0 Å². The quantitative estimate of drug-likeness (QED) is 0.188. The van der Waals surface area contributed by atoms with E-state index in [1.807, 2.05) is 25.1 Å². The third kappa shape index (κ3) is 7.91. The van der Waals surface area contributed by atoms with Crippen LogP contribution in [-0.2, 0) is 46.0 Å². The molecule has 55 heavy (non-hydrogen) atoms. The Bertz CT molecular complexity index is 2270. The lowest BCUT2D eigenvalue weighted by atomic mass is 9.91. The Morgan fingerprint density at radius 3 is 2.47 bits per heavy atom. The van der Waals surface area contributed by atoms with Crippen molar-refractivity contribution in [2.24, 2.45) is 7.05 Å². The molecule has 4 N–H and O–H groups in total. The molecule has 0 bridgehead atoms. The maximum Gasteiger partial charge on any atom is 0.317 e. The molecular weight excluding hydrogens is 735 g/mol. The molecule has 4 heterocycles. The van der Waals surface area contributed by atoms with Crippen LogP contribution in [0.4, 0.5) is 10.5 Å². The number of nitrogens with one attached hydrogen (secondary N) is 3. The van der Waals surface area contributed by atoms with E-state index in [0.29, 0.717) is 35.4 Å². The lowest BCUT2D eigenvalue weighted by Crippen LogP contribution is -2.54. The van der Waals surface area contributed by atoms with E-state index >= 15 is 0 Å². The highest BCUT2D eigenvalue weighted by atomic mass is 32.2. The SMILES string of the molecule is COc1cc(-c2cn(C)c(=O)c3c2CCN(C(=O)NCCS(=O)(=O)CCNc2cccc4c2C(=O)N(C2CCC(=O)NC2=O)C4=O)C3)cc(O)c1CN(C)C. The van der Waals surface area contributed by atoms with E-state index < -0.39 is 45.5 Å². The Kier molecular flexibility index (Phi) is 11.0. The molecule has 1 atom stereocenters. The van der Waals surface area contributed by atoms with Crippen LogP contribution in [0.5, 0.6) is 11.5 Å². The van der Waals surface area contributed by atoms with Crippen LogP contribution >= 0.6 is 0 Å². The molecule has 0 spiro atoms. The molecule has 3 aromatic rings. The Morgan fingerprint density at radius 1 is 1.02 bits per heavy atom. The van der Waals surface area contributed by atoms with Gasteiger partial charge < -0.3 is 34.8 Å². The average molecular weight is 778 g/mol. The van der Waals surface area contributed by atoms with Crippen LogP contribution in [0.15, 0.2) is 41.3 Å². The smallest absolute Gasteiger partial charge is 0.317 e. The minimum atomic E-state index is -3.70. The number of amides is 6. The summed E-state index contributed by atoms with van der Waals surface area (Å²) in [6, 6.07) is 6.30. The lowest BCUT2D eigenvalue weighted by Gasteiger charge is -2.30. The molecule has 1 fully saturated rings. The van der Waals surface area contributed by atoms with Crippen molar-refractivity contribution in [1.29, 1.82) is 0 Å². The number of imide groups is 2. The summed E-state index contributed by atoms with van der Waals surface area (Å²) in [7, 11) is 3.19. The van der Waals surface area contributed by atoms with Crippen molar-refractivity contribution in [3.63, 3.8) is 0 Å². The first-order valence-electron chi connectivity index (χ1n) is 17.7. The predicted octanol–water partition coefficient (Wildman–Crippen LogP) is 0.824. The molecule has 6 amide bonds. The van der Waals surface area contributed by atoms with Gasteiger partial charge in [0.2, 0.25) is 11.8 Å². The number of rotatable bonds is 12. The van der Waals surface area contributed by atoms with Gasteiger partial charge in [-0.25, -0.2) is 13.2 Å². The minimum absolute atomic E-state index is 0.00374. The number of fused-ring (bicyclic) bond motifs is 2. The number of hydrogen-bond acceptors (Lipinski definition) is 12. The number of sulfone groups is 1. The van der Waals surface area contributed by atoms with Crippen LogP contribution in [0, 0.1) is 0 Å². The van der Waals surface area contributed by atoms with Crippen molar-refractivity contribution in [1.82, 2.24) is 29.9 Å². The summed E-state index contributed by atoms with van der Waals surface area (Å²) in [6.45, 7) is 0.432. The Balaban J connectivity index is 1.05. The normalized spacial score (nSPS) is 16.9. The summed E-state index contributed by atoms with van der Waals surface area (Å²) in [5.74, 6) is -2.77. The number of phenolic OH excluding ortho intramolecular Hbond substituents is 1. The summed E-state index contributed by atoms with van der Waals surface area (Å²) in [5.41, 5.74) is 3.22. The number of carbonyl (C=O) groups excluding carboxylic acids is 5. The van der Waals surface area contributed by atoms with E-state index in [4.69, 9.17) is 4.74 Å². The predicted molar refractivity (Wildman–Crippen MR) is 200 cm³/mol. The van der Waals surface area contributed by atoms with Gasteiger partial charge in [-0.2, -0.15) is 0 Å². The molecule has 2 aromatic carbocycles. The van der Waals surface area contributed by atoms with Crippen LogP contribution in [-0.4, -0.2) is 121 Å². The monoisotopic (exact) mass is 777 g/mol. The topological polar surface area (TPSA) is 217 Å². The molecule has 3 aliphatic heterocycles. The van der Waals surface area contributed by atoms with Crippen molar-refractivity contribution in [2.75, 3.05) is 57.7 Å². The largest absolute Gasteiger partial charge is 0.507 e. The van der Waals surface area contributed by atoms with E-state index in [9.17, 15) is 42.3 Å². The zero-order chi connectivity index (χ0) is 39.8. The Hall–Kier alpha value is -5.75.